The highest BCUT2D eigenvalue weighted by molar-refractivity contribution is 6.16. The molecule has 0 radical (unpaired) electrons. The van der Waals surface area contributed by atoms with Crippen molar-refractivity contribution in [3.05, 3.63) is 53.7 Å². The molecular weight excluding hydrogens is 342 g/mol. The minimum absolute atomic E-state index is 0.340. The number of hydrogen-bond acceptors (Lipinski definition) is 4. The van der Waals surface area contributed by atoms with E-state index in [1.165, 1.54) is 6.92 Å². The molecule has 3 rings (SSSR count). The molecule has 1 aliphatic heterocycles. The van der Waals surface area contributed by atoms with Gasteiger partial charge in [0.2, 0.25) is 0 Å². The molecule has 0 bridgehead atoms. The van der Waals surface area contributed by atoms with E-state index in [1.807, 2.05) is 31.2 Å². The first-order valence-electron chi connectivity index (χ1n) is 9.26. The lowest BCUT2D eigenvalue weighted by Crippen LogP contribution is -2.62. The summed E-state index contributed by atoms with van der Waals surface area (Å²) in [6.07, 6.45) is 3.38. The van der Waals surface area contributed by atoms with Crippen LogP contribution in [0.2, 0.25) is 0 Å². The van der Waals surface area contributed by atoms with Gasteiger partial charge < -0.3 is 10.1 Å². The Kier molecular flexibility index (Phi) is 5.44. The summed E-state index contributed by atoms with van der Waals surface area (Å²) >= 11 is 0. The molecule has 6 heteroatoms. The van der Waals surface area contributed by atoms with Crippen molar-refractivity contribution in [1.82, 2.24) is 10.3 Å². The molecule has 0 fully saturated rings. The molecule has 2 amide bonds. The van der Waals surface area contributed by atoms with Crippen molar-refractivity contribution in [3.63, 3.8) is 0 Å². The summed E-state index contributed by atoms with van der Waals surface area (Å²) in [5.74, 6) is 0.0815. The number of aromatic nitrogens is 1. The number of pyridine rings is 1. The standard InChI is InChI=1S/C21H25N3O3/c1-4-5-13-24-18-17(11-8-12-22-18)27-21(3,20(24)26)19(25)23-14-16-10-7-6-9-15(16)2/h6-12H,4-5,13-14H2,1-3H3,(H,23,25)/t21-/m0/s1. The number of ether oxygens (including phenoxy) is 1. The van der Waals surface area contributed by atoms with Crippen LogP contribution >= 0.6 is 0 Å². The molecule has 1 aliphatic rings. The van der Waals surface area contributed by atoms with Crippen LogP contribution in [-0.4, -0.2) is 28.9 Å². The third-order valence-corrected chi connectivity index (χ3v) is 4.84. The van der Waals surface area contributed by atoms with Crippen molar-refractivity contribution >= 4 is 17.6 Å². The van der Waals surface area contributed by atoms with Gasteiger partial charge in [-0.05, 0) is 43.5 Å². The molecule has 0 saturated carbocycles. The molecule has 0 unspecified atom stereocenters. The van der Waals surface area contributed by atoms with Gasteiger partial charge in [0.15, 0.2) is 11.6 Å². The molecule has 2 heterocycles. The highest BCUT2D eigenvalue weighted by Crippen LogP contribution is 2.36. The van der Waals surface area contributed by atoms with E-state index in [0.29, 0.717) is 24.7 Å². The number of unbranched alkanes of at least 4 members (excludes halogenated alkanes) is 1. The van der Waals surface area contributed by atoms with E-state index in [2.05, 4.69) is 17.2 Å². The van der Waals surface area contributed by atoms with Crippen LogP contribution in [0, 0.1) is 6.92 Å². The highest BCUT2D eigenvalue weighted by Gasteiger charge is 2.50. The Hall–Kier alpha value is -2.89. The maximum Gasteiger partial charge on any atom is 0.282 e. The van der Waals surface area contributed by atoms with Gasteiger partial charge >= 0.3 is 0 Å². The van der Waals surface area contributed by atoms with E-state index in [-0.39, 0.29) is 5.91 Å². The minimum Gasteiger partial charge on any atom is -0.464 e. The molecule has 142 valence electrons. The molecular formula is C21H25N3O3. The summed E-state index contributed by atoms with van der Waals surface area (Å²) in [6, 6.07) is 11.3. The number of nitrogens with one attached hydrogen (secondary N) is 1. The van der Waals surface area contributed by atoms with Crippen LogP contribution in [0.1, 0.15) is 37.8 Å². The van der Waals surface area contributed by atoms with E-state index in [9.17, 15) is 9.59 Å². The molecule has 6 nitrogen and oxygen atoms in total. The number of anilines is 1. The average Bonchev–Trinajstić information content (AvgIpc) is 2.67. The lowest BCUT2D eigenvalue weighted by Gasteiger charge is -2.38. The Morgan fingerprint density at radius 1 is 1.26 bits per heavy atom. The number of fused-ring (bicyclic) bond motifs is 1. The number of carbonyl (C=O) groups is 2. The zero-order valence-electron chi connectivity index (χ0n) is 16.0. The van der Waals surface area contributed by atoms with Crippen LogP contribution in [-0.2, 0) is 16.1 Å². The van der Waals surface area contributed by atoms with Crippen molar-refractivity contribution in [2.45, 2.75) is 45.8 Å². The first kappa shape index (κ1) is 18.9. The maximum atomic E-state index is 13.1. The number of nitrogens with zero attached hydrogens (tertiary/aromatic N) is 2. The fraction of sp³-hybridized carbons (Fsp3) is 0.381. The van der Waals surface area contributed by atoms with Gasteiger partial charge in [-0.25, -0.2) is 4.98 Å². The molecule has 0 spiro atoms. The van der Waals surface area contributed by atoms with Gasteiger partial charge in [-0.1, -0.05) is 37.6 Å². The molecule has 27 heavy (non-hydrogen) atoms. The maximum absolute atomic E-state index is 13.1. The summed E-state index contributed by atoms with van der Waals surface area (Å²) in [6.45, 7) is 6.41. The number of carbonyl (C=O) groups excluding carboxylic acids is 2. The summed E-state index contributed by atoms with van der Waals surface area (Å²) < 4.78 is 5.86. The number of benzene rings is 1. The van der Waals surface area contributed by atoms with Gasteiger partial charge in [-0.15, -0.1) is 0 Å². The second-order valence-electron chi connectivity index (χ2n) is 6.88. The Morgan fingerprint density at radius 3 is 2.78 bits per heavy atom. The van der Waals surface area contributed by atoms with Gasteiger partial charge in [0, 0.05) is 19.3 Å². The molecule has 2 aromatic rings. The molecule has 0 saturated heterocycles. The second-order valence-corrected chi connectivity index (χ2v) is 6.88. The van der Waals surface area contributed by atoms with Crippen LogP contribution < -0.4 is 15.0 Å². The third-order valence-electron chi connectivity index (χ3n) is 4.84. The summed E-state index contributed by atoms with van der Waals surface area (Å²) in [5, 5.41) is 2.86. The lowest BCUT2D eigenvalue weighted by atomic mass is 10.00. The SMILES string of the molecule is CCCCN1C(=O)[C@](C)(C(=O)NCc2ccccc2C)Oc2cccnc21. The van der Waals surface area contributed by atoms with Crippen LogP contribution in [0.15, 0.2) is 42.6 Å². The molecule has 1 aromatic carbocycles. The third kappa shape index (κ3) is 3.65. The Bertz CT molecular complexity index is 852. The van der Waals surface area contributed by atoms with E-state index >= 15 is 0 Å². The first-order valence-corrected chi connectivity index (χ1v) is 9.26. The summed E-state index contributed by atoms with van der Waals surface area (Å²) in [5.41, 5.74) is 0.465. The summed E-state index contributed by atoms with van der Waals surface area (Å²) in [7, 11) is 0. The van der Waals surface area contributed by atoms with E-state index in [0.717, 1.165) is 24.0 Å². The van der Waals surface area contributed by atoms with E-state index in [4.69, 9.17) is 4.74 Å². The van der Waals surface area contributed by atoms with Gasteiger partial charge in [0.1, 0.15) is 0 Å². The van der Waals surface area contributed by atoms with Crippen LogP contribution in [0.25, 0.3) is 0 Å². The summed E-state index contributed by atoms with van der Waals surface area (Å²) in [4.78, 5) is 31.9. The predicted molar refractivity (Wildman–Crippen MR) is 104 cm³/mol. The number of aryl methyl sites for hydroxylation is 1. The minimum atomic E-state index is -1.62. The smallest absolute Gasteiger partial charge is 0.282 e. The fourth-order valence-electron chi connectivity index (χ4n) is 3.10. The van der Waals surface area contributed by atoms with Crippen molar-refractivity contribution < 1.29 is 14.3 Å². The van der Waals surface area contributed by atoms with E-state index in [1.54, 1.807) is 23.2 Å². The normalized spacial score (nSPS) is 18.6. The molecule has 0 aliphatic carbocycles. The van der Waals surface area contributed by atoms with Gasteiger partial charge in [0.25, 0.3) is 17.4 Å². The van der Waals surface area contributed by atoms with Crippen molar-refractivity contribution in [2.75, 3.05) is 11.4 Å². The number of rotatable bonds is 6. The average molecular weight is 367 g/mol. The molecule has 1 N–H and O–H groups in total. The van der Waals surface area contributed by atoms with Gasteiger partial charge in [-0.3, -0.25) is 14.5 Å². The predicted octanol–water partition coefficient (Wildman–Crippen LogP) is 2.99. The Balaban J connectivity index is 1.84. The highest BCUT2D eigenvalue weighted by atomic mass is 16.5. The van der Waals surface area contributed by atoms with Crippen LogP contribution in [0.5, 0.6) is 5.75 Å². The van der Waals surface area contributed by atoms with Crippen LogP contribution in [0.4, 0.5) is 5.82 Å². The molecule has 1 atom stereocenters. The van der Waals surface area contributed by atoms with Gasteiger partial charge in [0.05, 0.1) is 0 Å². The van der Waals surface area contributed by atoms with Crippen molar-refractivity contribution in [3.8, 4) is 5.75 Å². The van der Waals surface area contributed by atoms with Crippen LogP contribution in [0.3, 0.4) is 0 Å². The zero-order chi connectivity index (χ0) is 19.4. The van der Waals surface area contributed by atoms with E-state index < -0.39 is 11.5 Å². The topological polar surface area (TPSA) is 71.5 Å². The lowest BCUT2D eigenvalue weighted by molar-refractivity contribution is -0.148. The number of hydrogen-bond donors (Lipinski definition) is 1. The first-order chi connectivity index (χ1) is 13.0. The second kappa shape index (κ2) is 7.78. The molecule has 1 aromatic heterocycles. The quantitative estimate of drug-likeness (QED) is 0.797. The monoisotopic (exact) mass is 367 g/mol. The van der Waals surface area contributed by atoms with Crippen molar-refractivity contribution in [2.24, 2.45) is 0 Å². The van der Waals surface area contributed by atoms with Gasteiger partial charge in [-0.2, -0.15) is 0 Å². The Morgan fingerprint density at radius 2 is 2.04 bits per heavy atom. The van der Waals surface area contributed by atoms with Crippen molar-refractivity contribution in [1.29, 1.82) is 0 Å². The zero-order valence-corrected chi connectivity index (χ0v) is 16.0. The Labute approximate surface area is 159 Å². The largest absolute Gasteiger partial charge is 0.464 e. The number of amides is 2. The fourth-order valence-corrected chi connectivity index (χ4v) is 3.10.